The van der Waals surface area contributed by atoms with Gasteiger partial charge in [-0.15, -0.1) is 0 Å². The Hall–Kier alpha value is -4.35. The number of hydrogen-bond donors (Lipinski definition) is 1. The second-order valence-corrected chi connectivity index (χ2v) is 7.79. The minimum absolute atomic E-state index is 0.0683. The average molecular weight is 501 g/mol. The standard InChI is InChI=1S/C24H22F3N5O4/c1-35-18-5-7-19(8-6-18)36-14-21(33)28-9-10-32-22-20(12-30-32)23(34)31(15-29-22)13-16-3-2-4-17(11-16)24(25,26)27/h2-8,11-12,15H,9-10,13-14H2,1H3,(H,28,33). The van der Waals surface area contributed by atoms with Gasteiger partial charge in [-0.25, -0.2) is 9.67 Å². The van der Waals surface area contributed by atoms with Gasteiger partial charge in [0.25, 0.3) is 11.5 Å². The summed E-state index contributed by atoms with van der Waals surface area (Å²) in [5.74, 6) is 0.864. The van der Waals surface area contributed by atoms with Gasteiger partial charge in [-0.3, -0.25) is 14.2 Å². The normalized spacial score (nSPS) is 11.4. The van der Waals surface area contributed by atoms with Gasteiger partial charge in [0.05, 0.1) is 32.0 Å². The Balaban J connectivity index is 1.35. The van der Waals surface area contributed by atoms with Crippen LogP contribution in [0, 0.1) is 0 Å². The molecule has 0 atom stereocenters. The summed E-state index contributed by atoms with van der Waals surface area (Å²) < 4.78 is 52.1. The van der Waals surface area contributed by atoms with Crippen molar-refractivity contribution in [3.8, 4) is 11.5 Å². The Morgan fingerprint density at radius 3 is 2.58 bits per heavy atom. The van der Waals surface area contributed by atoms with E-state index in [1.54, 1.807) is 31.4 Å². The molecule has 0 bridgehead atoms. The summed E-state index contributed by atoms with van der Waals surface area (Å²) in [7, 11) is 1.55. The van der Waals surface area contributed by atoms with Gasteiger partial charge in [0, 0.05) is 6.54 Å². The van der Waals surface area contributed by atoms with E-state index in [4.69, 9.17) is 9.47 Å². The fraction of sp³-hybridized carbons (Fsp3) is 0.250. The van der Waals surface area contributed by atoms with Crippen molar-refractivity contribution in [3.05, 3.63) is 82.5 Å². The molecule has 188 valence electrons. The van der Waals surface area contributed by atoms with Crippen LogP contribution in [-0.2, 0) is 24.1 Å². The smallest absolute Gasteiger partial charge is 0.416 e. The molecule has 1 amide bonds. The van der Waals surface area contributed by atoms with Crippen LogP contribution in [0.3, 0.4) is 0 Å². The molecule has 4 rings (SSSR count). The number of hydrogen-bond acceptors (Lipinski definition) is 6. The second kappa shape index (κ2) is 10.5. The topological polar surface area (TPSA) is 100 Å². The maximum Gasteiger partial charge on any atom is 0.416 e. The van der Waals surface area contributed by atoms with Gasteiger partial charge >= 0.3 is 6.18 Å². The highest BCUT2D eigenvalue weighted by Gasteiger charge is 2.30. The molecular weight excluding hydrogens is 479 g/mol. The Kier molecular flexibility index (Phi) is 7.23. The predicted octanol–water partition coefficient (Wildman–Crippen LogP) is 2.86. The highest BCUT2D eigenvalue weighted by Crippen LogP contribution is 2.29. The van der Waals surface area contributed by atoms with Crippen molar-refractivity contribution in [1.82, 2.24) is 24.6 Å². The van der Waals surface area contributed by atoms with Gasteiger partial charge in [-0.2, -0.15) is 18.3 Å². The zero-order valence-corrected chi connectivity index (χ0v) is 19.2. The van der Waals surface area contributed by atoms with Gasteiger partial charge in [-0.05, 0) is 42.0 Å². The summed E-state index contributed by atoms with van der Waals surface area (Å²) in [6.07, 6.45) is -1.85. The molecule has 9 nitrogen and oxygen atoms in total. The lowest BCUT2D eigenvalue weighted by Gasteiger charge is -2.10. The quantitative estimate of drug-likeness (QED) is 0.379. The maximum atomic E-state index is 13.0. The van der Waals surface area contributed by atoms with Crippen molar-refractivity contribution in [2.24, 2.45) is 0 Å². The molecule has 4 aromatic rings. The minimum Gasteiger partial charge on any atom is -0.497 e. The number of halogens is 3. The molecule has 0 spiro atoms. The van der Waals surface area contributed by atoms with Crippen LogP contribution in [0.4, 0.5) is 13.2 Å². The van der Waals surface area contributed by atoms with Gasteiger partial charge in [0.2, 0.25) is 0 Å². The van der Waals surface area contributed by atoms with Crippen LogP contribution in [0.5, 0.6) is 11.5 Å². The van der Waals surface area contributed by atoms with E-state index in [2.05, 4.69) is 15.4 Å². The SMILES string of the molecule is COc1ccc(OCC(=O)NCCn2ncc3c(=O)n(Cc4cccc(C(F)(F)F)c4)cnc32)cc1. The lowest BCUT2D eigenvalue weighted by molar-refractivity contribution is -0.137. The molecule has 2 heterocycles. The van der Waals surface area contributed by atoms with Gasteiger partial charge in [0.1, 0.15) is 23.2 Å². The van der Waals surface area contributed by atoms with Crippen LogP contribution in [0.2, 0.25) is 0 Å². The predicted molar refractivity (Wildman–Crippen MR) is 124 cm³/mol. The fourth-order valence-electron chi connectivity index (χ4n) is 3.49. The van der Waals surface area contributed by atoms with E-state index in [0.29, 0.717) is 22.7 Å². The molecule has 36 heavy (non-hydrogen) atoms. The summed E-state index contributed by atoms with van der Waals surface area (Å²) in [6, 6.07) is 11.6. The number of rotatable bonds is 9. The highest BCUT2D eigenvalue weighted by molar-refractivity contribution is 5.77. The van der Waals surface area contributed by atoms with Crippen LogP contribution < -0.4 is 20.3 Å². The number of fused-ring (bicyclic) bond motifs is 1. The van der Waals surface area contributed by atoms with Gasteiger partial charge in [-0.1, -0.05) is 12.1 Å². The molecule has 0 fully saturated rings. The third-order valence-corrected chi connectivity index (χ3v) is 5.30. The van der Waals surface area contributed by atoms with E-state index in [1.807, 2.05) is 0 Å². The van der Waals surface area contributed by atoms with Gasteiger partial charge < -0.3 is 14.8 Å². The maximum absolute atomic E-state index is 13.0. The Bertz CT molecular complexity index is 1410. The van der Waals surface area contributed by atoms with Crippen LogP contribution >= 0.6 is 0 Å². The fourth-order valence-corrected chi connectivity index (χ4v) is 3.49. The first-order chi connectivity index (χ1) is 17.2. The number of alkyl halides is 3. The van der Waals surface area contributed by atoms with Gasteiger partial charge in [0.15, 0.2) is 12.3 Å². The number of ether oxygens (including phenoxy) is 2. The molecule has 0 saturated carbocycles. The molecule has 12 heteroatoms. The molecule has 0 aliphatic carbocycles. The Morgan fingerprint density at radius 1 is 1.11 bits per heavy atom. The summed E-state index contributed by atoms with van der Waals surface area (Å²) in [4.78, 5) is 29.1. The largest absolute Gasteiger partial charge is 0.497 e. The van der Waals surface area contributed by atoms with Crippen molar-refractivity contribution < 1.29 is 27.4 Å². The van der Waals surface area contributed by atoms with Crippen molar-refractivity contribution in [2.45, 2.75) is 19.3 Å². The Morgan fingerprint density at radius 2 is 1.86 bits per heavy atom. The average Bonchev–Trinajstić information content (AvgIpc) is 3.28. The number of nitrogens with zero attached hydrogens (tertiary/aromatic N) is 4. The van der Waals surface area contributed by atoms with Crippen molar-refractivity contribution in [3.63, 3.8) is 0 Å². The van der Waals surface area contributed by atoms with E-state index in [-0.39, 0.29) is 37.5 Å². The number of methoxy groups -OCH3 is 1. The third kappa shape index (κ3) is 5.82. The van der Waals surface area contributed by atoms with E-state index in [9.17, 15) is 22.8 Å². The third-order valence-electron chi connectivity index (χ3n) is 5.30. The van der Waals surface area contributed by atoms with E-state index >= 15 is 0 Å². The lowest BCUT2D eigenvalue weighted by Crippen LogP contribution is -2.31. The molecule has 0 radical (unpaired) electrons. The number of nitrogens with one attached hydrogen (secondary N) is 1. The molecule has 1 N–H and O–H groups in total. The summed E-state index contributed by atoms with van der Waals surface area (Å²) in [5, 5.41) is 7.08. The van der Waals surface area contributed by atoms with Crippen LogP contribution in [0.25, 0.3) is 11.0 Å². The lowest BCUT2D eigenvalue weighted by atomic mass is 10.1. The number of aromatic nitrogens is 4. The number of benzene rings is 2. The highest BCUT2D eigenvalue weighted by atomic mass is 19.4. The first-order valence-corrected chi connectivity index (χ1v) is 10.9. The summed E-state index contributed by atoms with van der Waals surface area (Å²) in [5.41, 5.74) is -0.587. The van der Waals surface area contributed by atoms with E-state index in [0.717, 1.165) is 12.1 Å². The summed E-state index contributed by atoms with van der Waals surface area (Å²) >= 11 is 0. The first kappa shape index (κ1) is 24.8. The molecule has 2 aromatic carbocycles. The van der Waals surface area contributed by atoms with Crippen molar-refractivity contribution >= 4 is 16.9 Å². The number of carbonyl (C=O) groups is 1. The molecular formula is C24H22F3N5O4. The molecule has 0 aliphatic heterocycles. The second-order valence-electron chi connectivity index (χ2n) is 7.79. The first-order valence-electron chi connectivity index (χ1n) is 10.9. The molecule has 2 aromatic heterocycles. The summed E-state index contributed by atoms with van der Waals surface area (Å²) in [6.45, 7) is 0.226. The number of amides is 1. The number of carbonyl (C=O) groups excluding carboxylic acids is 1. The van der Waals surface area contributed by atoms with E-state index in [1.165, 1.54) is 33.9 Å². The molecule has 0 aliphatic rings. The van der Waals surface area contributed by atoms with Crippen LogP contribution in [-0.4, -0.2) is 45.5 Å². The Labute approximate surface area is 203 Å². The zero-order valence-electron chi connectivity index (χ0n) is 19.2. The minimum atomic E-state index is -4.47. The van der Waals surface area contributed by atoms with Crippen molar-refractivity contribution in [2.75, 3.05) is 20.3 Å². The zero-order chi connectivity index (χ0) is 25.7. The molecule has 0 saturated heterocycles. The van der Waals surface area contributed by atoms with Crippen LogP contribution in [0.1, 0.15) is 11.1 Å². The molecule has 0 unspecified atom stereocenters. The van der Waals surface area contributed by atoms with Crippen LogP contribution in [0.15, 0.2) is 65.8 Å². The van der Waals surface area contributed by atoms with Crippen molar-refractivity contribution in [1.29, 1.82) is 0 Å². The monoisotopic (exact) mass is 501 g/mol. The van der Waals surface area contributed by atoms with E-state index < -0.39 is 17.3 Å².